The molecule has 1 aromatic carbocycles. The third-order valence-electron chi connectivity index (χ3n) is 3.55. The van der Waals surface area contributed by atoms with Crippen molar-refractivity contribution in [2.24, 2.45) is 5.92 Å². The predicted octanol–water partition coefficient (Wildman–Crippen LogP) is 3.89. The van der Waals surface area contributed by atoms with Gasteiger partial charge in [0.1, 0.15) is 0 Å². The predicted molar refractivity (Wildman–Crippen MR) is 90.0 cm³/mol. The summed E-state index contributed by atoms with van der Waals surface area (Å²) in [6.07, 6.45) is 0.406. The first-order valence-electron chi connectivity index (χ1n) is 7.60. The number of ketones is 1. The smallest absolute Gasteiger partial charge is 0.309 e. The number of carbonyl (C=O) groups is 2. The van der Waals surface area contributed by atoms with Gasteiger partial charge in [0, 0.05) is 16.9 Å². The average molecular weight is 350 g/mol. The fourth-order valence-electron chi connectivity index (χ4n) is 2.35. The molecule has 1 unspecified atom stereocenters. The molecule has 0 N–H and O–H groups in total. The number of hydrogen-bond donors (Lipinski definition) is 0. The minimum atomic E-state index is -0.603. The maximum Gasteiger partial charge on any atom is 0.309 e. The zero-order valence-electron chi connectivity index (χ0n) is 13.6. The van der Waals surface area contributed by atoms with Gasteiger partial charge in [-0.25, -0.2) is 4.39 Å². The van der Waals surface area contributed by atoms with Crippen molar-refractivity contribution in [1.29, 1.82) is 0 Å². The van der Waals surface area contributed by atoms with E-state index in [1.165, 1.54) is 30.6 Å². The zero-order valence-corrected chi connectivity index (χ0v) is 14.4. The summed E-state index contributed by atoms with van der Waals surface area (Å²) < 4.78 is 23.7. The van der Waals surface area contributed by atoms with E-state index in [1.807, 2.05) is 17.5 Å². The maximum atomic E-state index is 13.8. The lowest BCUT2D eigenvalue weighted by molar-refractivity contribution is -0.147. The molecule has 1 heterocycles. The molecular weight excluding hydrogens is 331 g/mol. The molecule has 6 heteroatoms. The summed E-state index contributed by atoms with van der Waals surface area (Å²) >= 11 is 1.52. The van der Waals surface area contributed by atoms with E-state index in [4.69, 9.17) is 9.47 Å². The number of thiophene rings is 1. The highest BCUT2D eigenvalue weighted by Crippen LogP contribution is 2.23. The lowest BCUT2D eigenvalue weighted by Crippen LogP contribution is -2.23. The summed E-state index contributed by atoms with van der Waals surface area (Å²) in [5.41, 5.74) is 0.216. The molecule has 0 radical (unpaired) electrons. The number of methoxy groups -OCH3 is 1. The SMILES string of the molecule is CCOC(=O)C(CC(=O)c1ccc(OC)c(F)c1)Cc1cccs1. The number of rotatable bonds is 8. The molecule has 128 valence electrons. The normalized spacial score (nSPS) is 11.8. The molecule has 0 amide bonds. The third-order valence-corrected chi connectivity index (χ3v) is 4.45. The minimum absolute atomic E-state index is 0.0253. The Morgan fingerprint density at radius 2 is 2.08 bits per heavy atom. The van der Waals surface area contributed by atoms with Crippen LogP contribution in [0.25, 0.3) is 0 Å². The molecule has 1 atom stereocenters. The van der Waals surface area contributed by atoms with Gasteiger partial charge in [0.25, 0.3) is 0 Å². The Balaban J connectivity index is 2.13. The maximum absolute atomic E-state index is 13.8. The lowest BCUT2D eigenvalue weighted by Gasteiger charge is -2.14. The van der Waals surface area contributed by atoms with Crippen molar-refractivity contribution < 1.29 is 23.5 Å². The highest BCUT2D eigenvalue weighted by atomic mass is 32.1. The monoisotopic (exact) mass is 350 g/mol. The molecule has 0 aliphatic carbocycles. The number of esters is 1. The molecule has 0 fully saturated rings. The van der Waals surface area contributed by atoms with E-state index in [-0.39, 0.29) is 30.1 Å². The van der Waals surface area contributed by atoms with Gasteiger partial charge in [-0.1, -0.05) is 6.07 Å². The van der Waals surface area contributed by atoms with Crippen LogP contribution in [0, 0.1) is 11.7 Å². The number of hydrogen-bond acceptors (Lipinski definition) is 5. The first kappa shape index (κ1) is 18.1. The minimum Gasteiger partial charge on any atom is -0.494 e. The van der Waals surface area contributed by atoms with Crippen LogP contribution in [0.15, 0.2) is 35.7 Å². The van der Waals surface area contributed by atoms with Crippen LogP contribution in [0.2, 0.25) is 0 Å². The number of ether oxygens (including phenoxy) is 2. The summed E-state index contributed by atoms with van der Waals surface area (Å²) in [6.45, 7) is 1.98. The Bertz CT molecular complexity index is 697. The molecule has 2 rings (SSSR count). The van der Waals surface area contributed by atoms with Crippen molar-refractivity contribution in [3.8, 4) is 5.75 Å². The highest BCUT2D eigenvalue weighted by molar-refractivity contribution is 7.09. The van der Waals surface area contributed by atoms with Crippen molar-refractivity contribution in [3.05, 3.63) is 52.0 Å². The molecule has 4 nitrogen and oxygen atoms in total. The molecule has 0 aliphatic heterocycles. The number of benzene rings is 1. The van der Waals surface area contributed by atoms with Gasteiger partial charge in [0.05, 0.1) is 19.6 Å². The van der Waals surface area contributed by atoms with Crippen molar-refractivity contribution in [3.63, 3.8) is 0 Å². The molecule has 0 aliphatic rings. The van der Waals surface area contributed by atoms with E-state index < -0.39 is 17.7 Å². The second-order valence-corrected chi connectivity index (χ2v) is 6.24. The van der Waals surface area contributed by atoms with E-state index in [0.29, 0.717) is 6.42 Å². The van der Waals surface area contributed by atoms with Gasteiger partial charge in [-0.3, -0.25) is 9.59 Å². The van der Waals surface area contributed by atoms with Crippen molar-refractivity contribution >= 4 is 23.1 Å². The molecule has 24 heavy (non-hydrogen) atoms. The first-order valence-corrected chi connectivity index (χ1v) is 8.48. The first-order chi connectivity index (χ1) is 11.5. The second-order valence-electron chi connectivity index (χ2n) is 5.21. The number of carbonyl (C=O) groups excluding carboxylic acids is 2. The zero-order chi connectivity index (χ0) is 17.5. The van der Waals surface area contributed by atoms with E-state index >= 15 is 0 Å². The second kappa shape index (κ2) is 8.59. The molecule has 0 saturated carbocycles. The standard InChI is InChI=1S/C18H19FO4S/c1-3-23-18(21)13(9-14-5-4-8-24-14)11-16(20)12-6-7-17(22-2)15(19)10-12/h4-8,10,13H,3,9,11H2,1-2H3. The van der Waals surface area contributed by atoms with E-state index in [2.05, 4.69) is 0 Å². The van der Waals surface area contributed by atoms with Crippen LogP contribution in [-0.2, 0) is 16.0 Å². The number of halogens is 1. The van der Waals surface area contributed by atoms with Crippen LogP contribution >= 0.6 is 11.3 Å². The van der Waals surface area contributed by atoms with Gasteiger partial charge in [-0.05, 0) is 43.0 Å². The fraction of sp³-hybridized carbons (Fsp3) is 0.333. The van der Waals surface area contributed by atoms with Crippen LogP contribution in [0.4, 0.5) is 4.39 Å². The van der Waals surface area contributed by atoms with Crippen molar-refractivity contribution in [2.75, 3.05) is 13.7 Å². The summed E-state index contributed by atoms with van der Waals surface area (Å²) in [6, 6.07) is 7.84. The Morgan fingerprint density at radius 1 is 1.29 bits per heavy atom. The molecule has 1 aromatic heterocycles. The van der Waals surface area contributed by atoms with Crippen LogP contribution in [-0.4, -0.2) is 25.5 Å². The lowest BCUT2D eigenvalue weighted by atomic mass is 9.94. The molecule has 2 aromatic rings. The Hall–Kier alpha value is -2.21. The van der Waals surface area contributed by atoms with E-state index in [9.17, 15) is 14.0 Å². The average Bonchev–Trinajstić information content (AvgIpc) is 3.07. The van der Waals surface area contributed by atoms with Gasteiger partial charge < -0.3 is 9.47 Å². The molecular formula is C18H19FO4S. The van der Waals surface area contributed by atoms with Gasteiger partial charge in [0.2, 0.25) is 0 Å². The summed E-state index contributed by atoms with van der Waals surface area (Å²) in [5.74, 6) is -1.82. The number of Topliss-reactive ketones (excluding diaryl/α,β-unsaturated/α-hetero) is 1. The van der Waals surface area contributed by atoms with Crippen LogP contribution in [0.1, 0.15) is 28.6 Å². The summed E-state index contributed by atoms with van der Waals surface area (Å²) in [4.78, 5) is 25.6. The van der Waals surface area contributed by atoms with Crippen LogP contribution < -0.4 is 4.74 Å². The van der Waals surface area contributed by atoms with Crippen molar-refractivity contribution in [2.45, 2.75) is 19.8 Å². The third kappa shape index (κ3) is 4.64. The van der Waals surface area contributed by atoms with Gasteiger partial charge in [-0.2, -0.15) is 0 Å². The van der Waals surface area contributed by atoms with Crippen LogP contribution in [0.3, 0.4) is 0 Å². The van der Waals surface area contributed by atoms with Crippen molar-refractivity contribution in [1.82, 2.24) is 0 Å². The molecule has 0 spiro atoms. The quantitative estimate of drug-likeness (QED) is 0.535. The van der Waals surface area contributed by atoms with E-state index in [0.717, 1.165) is 10.9 Å². The largest absolute Gasteiger partial charge is 0.494 e. The van der Waals surface area contributed by atoms with Gasteiger partial charge >= 0.3 is 5.97 Å². The highest BCUT2D eigenvalue weighted by Gasteiger charge is 2.25. The Kier molecular flexibility index (Phi) is 6.49. The molecule has 0 bridgehead atoms. The summed E-state index contributed by atoms with van der Waals surface area (Å²) in [7, 11) is 1.36. The molecule has 0 saturated heterocycles. The fourth-order valence-corrected chi connectivity index (χ4v) is 3.14. The van der Waals surface area contributed by atoms with Crippen LogP contribution in [0.5, 0.6) is 5.75 Å². The van der Waals surface area contributed by atoms with E-state index in [1.54, 1.807) is 6.92 Å². The van der Waals surface area contributed by atoms with Gasteiger partial charge in [0.15, 0.2) is 17.3 Å². The topological polar surface area (TPSA) is 52.6 Å². The Morgan fingerprint density at radius 3 is 2.67 bits per heavy atom. The summed E-state index contributed by atoms with van der Waals surface area (Å²) in [5, 5.41) is 1.91. The van der Waals surface area contributed by atoms with Gasteiger partial charge in [-0.15, -0.1) is 11.3 Å². The Labute approximate surface area is 144 Å².